The molecule has 1 spiro atoms. The molecule has 0 N–H and O–H groups in total. The highest BCUT2D eigenvalue weighted by Gasteiger charge is 2.42. The van der Waals surface area contributed by atoms with Crippen molar-refractivity contribution in [2.75, 3.05) is 26.2 Å². The molecule has 2 aliphatic rings. The Morgan fingerprint density at radius 2 is 1.66 bits per heavy atom. The lowest BCUT2D eigenvalue weighted by molar-refractivity contribution is -0.0983. The van der Waals surface area contributed by atoms with Gasteiger partial charge in [0, 0.05) is 25.1 Å². The Balaban J connectivity index is 1.24. The number of likely N-dealkylation sites (tertiary alicyclic amines) is 1. The molecule has 0 bridgehead atoms. The highest BCUT2D eigenvalue weighted by atomic mass is 16.5. The molecule has 4 nitrogen and oxygen atoms in total. The van der Waals surface area contributed by atoms with Crippen LogP contribution in [-0.4, -0.2) is 40.9 Å². The topological polar surface area (TPSA) is 30.3 Å². The number of benzene rings is 2. The van der Waals surface area contributed by atoms with Gasteiger partial charge >= 0.3 is 0 Å². The van der Waals surface area contributed by atoms with Crippen LogP contribution in [0.2, 0.25) is 0 Å². The van der Waals surface area contributed by atoms with Gasteiger partial charge in [-0.1, -0.05) is 48.5 Å². The van der Waals surface area contributed by atoms with Crippen molar-refractivity contribution < 1.29 is 4.74 Å². The molecule has 0 atom stereocenters. The first-order chi connectivity index (χ1) is 14.3. The van der Waals surface area contributed by atoms with Crippen LogP contribution in [-0.2, 0) is 23.2 Å². The van der Waals surface area contributed by atoms with Gasteiger partial charge in [-0.25, -0.2) is 4.68 Å². The maximum atomic E-state index is 6.42. The quantitative estimate of drug-likeness (QED) is 0.651. The Kier molecular flexibility index (Phi) is 5.21. The predicted octanol–water partition coefficient (Wildman–Crippen LogP) is 4.37. The van der Waals surface area contributed by atoms with Crippen LogP contribution in [0.15, 0.2) is 66.9 Å². The Bertz CT molecular complexity index is 927. The van der Waals surface area contributed by atoms with E-state index in [1.165, 1.54) is 29.8 Å². The summed E-state index contributed by atoms with van der Waals surface area (Å²) in [5, 5.41) is 4.74. The fraction of sp³-hybridized carbons (Fsp3) is 0.400. The minimum absolute atomic E-state index is 0.142. The molecular weight excluding hydrogens is 358 g/mol. The van der Waals surface area contributed by atoms with Crippen LogP contribution in [0.4, 0.5) is 0 Å². The van der Waals surface area contributed by atoms with Crippen molar-refractivity contribution in [1.82, 2.24) is 14.7 Å². The van der Waals surface area contributed by atoms with Crippen LogP contribution >= 0.6 is 0 Å². The normalized spacial score (nSPS) is 18.6. The molecule has 0 aliphatic carbocycles. The molecule has 1 fully saturated rings. The van der Waals surface area contributed by atoms with E-state index in [0.29, 0.717) is 0 Å². The number of aromatic nitrogens is 2. The summed E-state index contributed by atoms with van der Waals surface area (Å²) in [5.41, 5.74) is 5.09. The molecule has 3 aromatic rings. The molecule has 0 saturated carbocycles. The van der Waals surface area contributed by atoms with E-state index in [9.17, 15) is 0 Å². The SMILES string of the molecule is c1ccc(CCCN2CCC3(CC2)OCCc2c3cnn2-c2ccccc2)cc1. The summed E-state index contributed by atoms with van der Waals surface area (Å²) in [4.78, 5) is 2.60. The third-order valence-corrected chi connectivity index (χ3v) is 6.52. The maximum absolute atomic E-state index is 6.42. The summed E-state index contributed by atoms with van der Waals surface area (Å²) in [5.74, 6) is 0. The summed E-state index contributed by atoms with van der Waals surface area (Å²) < 4.78 is 8.54. The molecule has 0 unspecified atom stereocenters. The van der Waals surface area contributed by atoms with E-state index in [4.69, 9.17) is 9.84 Å². The van der Waals surface area contributed by atoms with Crippen molar-refractivity contribution in [1.29, 1.82) is 0 Å². The lowest BCUT2D eigenvalue weighted by Gasteiger charge is -2.44. The summed E-state index contributed by atoms with van der Waals surface area (Å²) >= 11 is 0. The van der Waals surface area contributed by atoms with Crippen LogP contribution in [0.25, 0.3) is 5.69 Å². The number of hydrogen-bond acceptors (Lipinski definition) is 3. The molecule has 2 aliphatic heterocycles. The van der Waals surface area contributed by atoms with Gasteiger partial charge < -0.3 is 9.64 Å². The zero-order valence-corrected chi connectivity index (χ0v) is 17.0. The zero-order chi connectivity index (χ0) is 19.5. The maximum Gasteiger partial charge on any atom is 0.0989 e. The van der Waals surface area contributed by atoms with Crippen LogP contribution in [0.3, 0.4) is 0 Å². The first-order valence-electron chi connectivity index (χ1n) is 10.9. The van der Waals surface area contributed by atoms with Crippen LogP contribution < -0.4 is 0 Å². The molecule has 0 radical (unpaired) electrons. The van der Waals surface area contributed by atoms with Crippen molar-refractivity contribution in [3.8, 4) is 5.69 Å². The number of rotatable bonds is 5. The zero-order valence-electron chi connectivity index (χ0n) is 17.0. The average Bonchev–Trinajstić information content (AvgIpc) is 3.22. The van der Waals surface area contributed by atoms with Crippen molar-refractivity contribution in [3.05, 3.63) is 83.7 Å². The van der Waals surface area contributed by atoms with Crippen molar-refractivity contribution in [2.45, 2.75) is 37.7 Å². The Labute approximate surface area is 173 Å². The number of piperidine rings is 1. The third-order valence-electron chi connectivity index (χ3n) is 6.52. The van der Waals surface area contributed by atoms with Gasteiger partial charge in [-0.3, -0.25) is 0 Å². The van der Waals surface area contributed by atoms with Gasteiger partial charge in [0.1, 0.15) is 0 Å². The van der Waals surface area contributed by atoms with Gasteiger partial charge in [-0.15, -0.1) is 0 Å². The Morgan fingerprint density at radius 1 is 0.931 bits per heavy atom. The minimum atomic E-state index is -0.142. The molecular formula is C25H29N3O. The summed E-state index contributed by atoms with van der Waals surface area (Å²) in [6, 6.07) is 21.3. The Hall–Kier alpha value is -2.43. The fourth-order valence-electron chi connectivity index (χ4n) is 4.91. The van der Waals surface area contributed by atoms with Crippen molar-refractivity contribution in [2.24, 2.45) is 0 Å². The van der Waals surface area contributed by atoms with Gasteiger partial charge in [0.2, 0.25) is 0 Å². The molecule has 0 amide bonds. The van der Waals surface area contributed by atoms with Gasteiger partial charge in [-0.05, 0) is 49.9 Å². The van der Waals surface area contributed by atoms with E-state index >= 15 is 0 Å². The van der Waals surface area contributed by atoms with Crippen LogP contribution in [0, 0.1) is 0 Å². The van der Waals surface area contributed by atoms with E-state index in [0.717, 1.165) is 51.1 Å². The van der Waals surface area contributed by atoms with E-state index < -0.39 is 0 Å². The van der Waals surface area contributed by atoms with Crippen molar-refractivity contribution in [3.63, 3.8) is 0 Å². The smallest absolute Gasteiger partial charge is 0.0989 e. The molecule has 4 heteroatoms. The molecule has 150 valence electrons. The van der Waals surface area contributed by atoms with E-state index in [-0.39, 0.29) is 5.60 Å². The molecule has 2 aromatic carbocycles. The number of aryl methyl sites for hydroxylation is 1. The monoisotopic (exact) mass is 387 g/mol. The molecule has 1 saturated heterocycles. The van der Waals surface area contributed by atoms with E-state index in [2.05, 4.69) is 76.4 Å². The highest BCUT2D eigenvalue weighted by molar-refractivity contribution is 5.38. The number of ether oxygens (including phenoxy) is 1. The first kappa shape index (κ1) is 18.6. The average molecular weight is 388 g/mol. The Morgan fingerprint density at radius 3 is 2.41 bits per heavy atom. The van der Waals surface area contributed by atoms with Gasteiger partial charge in [0.25, 0.3) is 0 Å². The lowest BCUT2D eigenvalue weighted by atomic mass is 9.82. The second-order valence-corrected chi connectivity index (χ2v) is 8.28. The highest BCUT2D eigenvalue weighted by Crippen LogP contribution is 2.42. The van der Waals surface area contributed by atoms with Gasteiger partial charge in [0.15, 0.2) is 0 Å². The van der Waals surface area contributed by atoms with Gasteiger partial charge in [0.05, 0.1) is 29.8 Å². The number of hydrogen-bond donors (Lipinski definition) is 0. The minimum Gasteiger partial charge on any atom is -0.370 e. The largest absolute Gasteiger partial charge is 0.370 e. The second kappa shape index (κ2) is 8.13. The summed E-state index contributed by atoms with van der Waals surface area (Å²) in [6.45, 7) is 4.16. The third kappa shape index (κ3) is 3.75. The van der Waals surface area contributed by atoms with Crippen LogP contribution in [0.5, 0.6) is 0 Å². The predicted molar refractivity (Wildman–Crippen MR) is 115 cm³/mol. The second-order valence-electron chi connectivity index (χ2n) is 8.28. The fourth-order valence-corrected chi connectivity index (χ4v) is 4.91. The van der Waals surface area contributed by atoms with E-state index in [1.807, 2.05) is 0 Å². The number of nitrogens with zero attached hydrogens (tertiary/aromatic N) is 3. The van der Waals surface area contributed by atoms with Crippen molar-refractivity contribution >= 4 is 0 Å². The number of para-hydroxylation sites is 1. The molecule has 1 aromatic heterocycles. The summed E-state index contributed by atoms with van der Waals surface area (Å²) in [7, 11) is 0. The van der Waals surface area contributed by atoms with E-state index in [1.54, 1.807) is 0 Å². The standard InChI is InChI=1S/C25H29N3O/c1-3-8-21(9-4-1)10-7-16-27-17-14-25(15-18-27)23-20-26-28(24(23)13-19-29-25)22-11-5-2-6-12-22/h1-6,8-9,11-12,20H,7,10,13-19H2. The van der Waals surface area contributed by atoms with Gasteiger partial charge in [-0.2, -0.15) is 5.10 Å². The molecule has 29 heavy (non-hydrogen) atoms. The lowest BCUT2D eigenvalue weighted by Crippen LogP contribution is -2.46. The first-order valence-corrected chi connectivity index (χ1v) is 10.9. The van der Waals surface area contributed by atoms with Crippen LogP contribution in [0.1, 0.15) is 36.1 Å². The molecule has 3 heterocycles. The number of fused-ring (bicyclic) bond motifs is 2. The molecule has 5 rings (SSSR count). The summed E-state index contributed by atoms with van der Waals surface area (Å²) in [6.07, 6.45) is 7.50.